The van der Waals surface area contributed by atoms with Crippen LogP contribution in [0.5, 0.6) is 5.75 Å². The second kappa shape index (κ2) is 4.83. The van der Waals surface area contributed by atoms with E-state index in [1.807, 2.05) is 19.9 Å². The molecule has 2 N–H and O–H groups in total. The molecule has 0 saturated carbocycles. The molecule has 0 aliphatic carbocycles. The summed E-state index contributed by atoms with van der Waals surface area (Å²) in [5, 5.41) is 26.7. The first-order valence-electron chi connectivity index (χ1n) is 4.61. The molecular weight excluding hydrogens is 193 g/mol. The maximum Gasteiger partial charge on any atom is 0.488 e. The minimum Gasteiger partial charge on any atom is -0.490 e. The first-order valence-corrected chi connectivity index (χ1v) is 4.61. The van der Waals surface area contributed by atoms with Gasteiger partial charge in [0.2, 0.25) is 0 Å². The molecule has 0 unspecified atom stereocenters. The van der Waals surface area contributed by atoms with Gasteiger partial charge in [-0.2, -0.15) is 5.26 Å². The Balaban J connectivity index is 3.09. The summed E-state index contributed by atoms with van der Waals surface area (Å²) in [5.74, 6) is 0.373. The van der Waals surface area contributed by atoms with Crippen LogP contribution in [0.2, 0.25) is 0 Å². The second-order valence-electron chi connectivity index (χ2n) is 3.41. The van der Waals surface area contributed by atoms with E-state index in [1.54, 1.807) is 0 Å². The van der Waals surface area contributed by atoms with E-state index >= 15 is 0 Å². The van der Waals surface area contributed by atoms with E-state index in [-0.39, 0.29) is 6.10 Å². The number of hydrogen-bond donors (Lipinski definition) is 2. The van der Waals surface area contributed by atoms with E-state index in [2.05, 4.69) is 0 Å². The lowest BCUT2D eigenvalue weighted by atomic mass is 9.80. The standard InChI is InChI=1S/C10H12BNO3/c1-7(2)15-10-5-9(11(13)14)4-3-8(10)6-12/h3-5,7,13-14H,1-2H3. The van der Waals surface area contributed by atoms with Gasteiger partial charge in [0.15, 0.2) is 0 Å². The highest BCUT2D eigenvalue weighted by Gasteiger charge is 2.14. The van der Waals surface area contributed by atoms with Crippen LogP contribution in [0.1, 0.15) is 19.4 Å². The normalized spacial score (nSPS) is 9.87. The van der Waals surface area contributed by atoms with Gasteiger partial charge in [0, 0.05) is 0 Å². The number of ether oxygens (including phenoxy) is 1. The number of hydrogen-bond acceptors (Lipinski definition) is 4. The van der Waals surface area contributed by atoms with Crippen molar-refractivity contribution in [2.75, 3.05) is 0 Å². The Morgan fingerprint density at radius 3 is 2.53 bits per heavy atom. The quantitative estimate of drug-likeness (QED) is 0.682. The van der Waals surface area contributed by atoms with Gasteiger partial charge in [-0.05, 0) is 31.4 Å². The molecule has 1 rings (SSSR count). The summed E-state index contributed by atoms with van der Waals surface area (Å²) in [6, 6.07) is 6.43. The summed E-state index contributed by atoms with van der Waals surface area (Å²) in [7, 11) is -1.55. The van der Waals surface area contributed by atoms with Gasteiger partial charge in [0.1, 0.15) is 11.8 Å². The molecule has 0 aliphatic rings. The Hall–Kier alpha value is -1.51. The number of rotatable bonds is 3. The molecule has 0 fully saturated rings. The van der Waals surface area contributed by atoms with Crippen molar-refractivity contribution in [2.24, 2.45) is 0 Å². The number of nitrogens with zero attached hydrogens (tertiary/aromatic N) is 1. The van der Waals surface area contributed by atoms with Gasteiger partial charge in [-0.3, -0.25) is 0 Å². The Kier molecular flexibility index (Phi) is 3.72. The van der Waals surface area contributed by atoms with Gasteiger partial charge < -0.3 is 14.8 Å². The van der Waals surface area contributed by atoms with Crippen LogP contribution in [0.4, 0.5) is 0 Å². The van der Waals surface area contributed by atoms with Crippen LogP contribution in [0.25, 0.3) is 0 Å². The van der Waals surface area contributed by atoms with Gasteiger partial charge in [-0.1, -0.05) is 6.07 Å². The van der Waals surface area contributed by atoms with Crippen molar-refractivity contribution in [1.29, 1.82) is 5.26 Å². The highest BCUT2D eigenvalue weighted by molar-refractivity contribution is 6.58. The molecule has 1 aromatic rings. The lowest BCUT2D eigenvalue weighted by molar-refractivity contribution is 0.242. The molecule has 0 radical (unpaired) electrons. The largest absolute Gasteiger partial charge is 0.490 e. The predicted molar refractivity (Wildman–Crippen MR) is 56.7 cm³/mol. The van der Waals surface area contributed by atoms with E-state index < -0.39 is 7.12 Å². The summed E-state index contributed by atoms with van der Waals surface area (Å²) in [4.78, 5) is 0. The molecule has 1 aromatic carbocycles. The Morgan fingerprint density at radius 1 is 1.40 bits per heavy atom. The third-order valence-electron chi connectivity index (χ3n) is 1.79. The summed E-state index contributed by atoms with van der Waals surface area (Å²) < 4.78 is 5.38. The number of nitriles is 1. The van der Waals surface area contributed by atoms with Crippen LogP contribution in [0.15, 0.2) is 18.2 Å². The van der Waals surface area contributed by atoms with Crippen molar-refractivity contribution in [2.45, 2.75) is 20.0 Å². The Bertz CT molecular complexity index is 385. The fourth-order valence-corrected chi connectivity index (χ4v) is 1.14. The molecule has 0 aliphatic heterocycles. The smallest absolute Gasteiger partial charge is 0.488 e. The van der Waals surface area contributed by atoms with Crippen LogP contribution < -0.4 is 10.2 Å². The average Bonchev–Trinajstić information content (AvgIpc) is 2.16. The number of benzene rings is 1. The zero-order valence-electron chi connectivity index (χ0n) is 8.64. The molecule has 0 aromatic heterocycles. The van der Waals surface area contributed by atoms with Crippen LogP contribution in [-0.4, -0.2) is 23.3 Å². The highest BCUT2D eigenvalue weighted by Crippen LogP contribution is 2.17. The van der Waals surface area contributed by atoms with Crippen LogP contribution >= 0.6 is 0 Å². The van der Waals surface area contributed by atoms with Crippen molar-refractivity contribution < 1.29 is 14.8 Å². The van der Waals surface area contributed by atoms with Crippen LogP contribution in [0.3, 0.4) is 0 Å². The molecule has 15 heavy (non-hydrogen) atoms. The van der Waals surface area contributed by atoms with Crippen LogP contribution in [-0.2, 0) is 0 Å². The molecule has 0 amide bonds. The third-order valence-corrected chi connectivity index (χ3v) is 1.79. The van der Waals surface area contributed by atoms with Crippen LogP contribution in [0, 0.1) is 11.3 Å². The lowest BCUT2D eigenvalue weighted by Gasteiger charge is -2.12. The van der Waals surface area contributed by atoms with Crippen molar-refractivity contribution in [3.05, 3.63) is 23.8 Å². The highest BCUT2D eigenvalue weighted by atomic mass is 16.5. The first kappa shape index (κ1) is 11.6. The van der Waals surface area contributed by atoms with E-state index in [1.165, 1.54) is 18.2 Å². The minimum absolute atomic E-state index is 0.0665. The van der Waals surface area contributed by atoms with Gasteiger partial charge in [-0.15, -0.1) is 0 Å². The maximum atomic E-state index is 8.96. The zero-order valence-corrected chi connectivity index (χ0v) is 8.64. The topological polar surface area (TPSA) is 73.5 Å². The van der Waals surface area contributed by atoms with E-state index in [4.69, 9.17) is 20.0 Å². The summed E-state index contributed by atoms with van der Waals surface area (Å²) in [6.45, 7) is 3.67. The van der Waals surface area contributed by atoms with E-state index in [0.717, 1.165) is 0 Å². The Morgan fingerprint density at radius 2 is 2.07 bits per heavy atom. The summed E-state index contributed by atoms with van der Waals surface area (Å²) in [6.07, 6.45) is -0.0665. The minimum atomic E-state index is -1.55. The molecule has 5 heteroatoms. The van der Waals surface area contributed by atoms with Crippen molar-refractivity contribution in [3.63, 3.8) is 0 Å². The monoisotopic (exact) mass is 205 g/mol. The van der Waals surface area contributed by atoms with Gasteiger partial charge >= 0.3 is 7.12 Å². The first-order chi connectivity index (χ1) is 7.04. The molecule has 0 atom stereocenters. The fraction of sp³-hybridized carbons (Fsp3) is 0.300. The predicted octanol–water partition coefficient (Wildman–Crippen LogP) is 0.0253. The molecule has 0 spiro atoms. The van der Waals surface area contributed by atoms with E-state index in [0.29, 0.717) is 16.8 Å². The lowest BCUT2D eigenvalue weighted by Crippen LogP contribution is -2.30. The van der Waals surface area contributed by atoms with Gasteiger partial charge in [0.25, 0.3) is 0 Å². The maximum absolute atomic E-state index is 8.96. The third kappa shape index (κ3) is 2.98. The van der Waals surface area contributed by atoms with Crippen molar-refractivity contribution in [1.82, 2.24) is 0 Å². The second-order valence-corrected chi connectivity index (χ2v) is 3.41. The molecular formula is C10H12BNO3. The fourth-order valence-electron chi connectivity index (χ4n) is 1.14. The molecule has 0 heterocycles. The van der Waals surface area contributed by atoms with Gasteiger partial charge in [0.05, 0.1) is 11.7 Å². The molecule has 4 nitrogen and oxygen atoms in total. The zero-order chi connectivity index (χ0) is 11.4. The summed E-state index contributed by atoms with van der Waals surface area (Å²) >= 11 is 0. The average molecular weight is 205 g/mol. The van der Waals surface area contributed by atoms with E-state index in [9.17, 15) is 0 Å². The molecule has 0 bridgehead atoms. The van der Waals surface area contributed by atoms with Gasteiger partial charge in [-0.25, -0.2) is 0 Å². The Labute approximate surface area is 88.9 Å². The van der Waals surface area contributed by atoms with Crippen molar-refractivity contribution in [3.8, 4) is 11.8 Å². The SMILES string of the molecule is CC(C)Oc1cc(B(O)O)ccc1C#N. The van der Waals surface area contributed by atoms with Crippen molar-refractivity contribution >= 4 is 12.6 Å². The molecule has 78 valence electrons. The molecule has 0 saturated heterocycles. The summed E-state index contributed by atoms with van der Waals surface area (Å²) in [5.41, 5.74) is 0.692.